The van der Waals surface area contributed by atoms with Crippen molar-refractivity contribution in [2.75, 3.05) is 111 Å². The largest absolute Gasteiger partial charge is 0.484 e. The standard InChI is InChI=1S/C41H65N9O18S/c51-25-66-22-30(52)39(61)31(53)23-67-32-6-5-26(15-29(32)50(64)65)21-68-41(63)42-7-8-49-14-13-47(19-36(57)58)10-9-46(18-35(55)56)11-12-48(20-37(59)60)17-27(49)16-43-34(54)4-2-1-3-33-38-28(24-69-33)44-40(62)45-38/h5-6,15,27-28,30-31,33,38-39,51-53,61H,1-4,7-14,16-25H2,(H,42,63)(H,43,54)(H,55,56)(H,57,58)(H,59,60)(H2,44,45,62). The van der Waals surface area contributed by atoms with Crippen LogP contribution in [0.1, 0.15) is 31.2 Å². The summed E-state index contributed by atoms with van der Waals surface area (Å²) in [6.07, 6.45) is -3.64. The molecule has 0 bridgehead atoms. The first-order valence-corrected chi connectivity index (χ1v) is 23.5. The summed E-state index contributed by atoms with van der Waals surface area (Å²) in [5.74, 6) is -3.09. The maximum absolute atomic E-state index is 13.3. The lowest BCUT2D eigenvalue weighted by atomic mass is 10.0. The average molecular weight is 1000 g/mol. The molecule has 11 N–H and O–H groups in total. The number of benzene rings is 1. The van der Waals surface area contributed by atoms with Gasteiger partial charge in [0.2, 0.25) is 5.91 Å². The highest BCUT2D eigenvalue weighted by molar-refractivity contribution is 8.00. The summed E-state index contributed by atoms with van der Waals surface area (Å²) in [6.45, 7) is -2.30. The van der Waals surface area contributed by atoms with Crippen LogP contribution in [0.3, 0.4) is 0 Å². The van der Waals surface area contributed by atoms with Gasteiger partial charge >= 0.3 is 35.7 Å². The summed E-state index contributed by atoms with van der Waals surface area (Å²) in [6, 6.07) is 2.99. The molecule has 7 unspecified atom stereocenters. The summed E-state index contributed by atoms with van der Waals surface area (Å²) in [5, 5.41) is 91.5. The number of carbonyl (C=O) groups excluding carboxylic acids is 3. The number of fused-ring (bicyclic) bond motifs is 1. The summed E-state index contributed by atoms with van der Waals surface area (Å²) < 4.78 is 15.2. The number of aliphatic hydroxyl groups is 4. The summed E-state index contributed by atoms with van der Waals surface area (Å²) in [7, 11) is 0. The molecule has 4 amide bonds. The number of hydrogen-bond acceptors (Lipinski definition) is 20. The Hall–Kier alpha value is -5.17. The maximum atomic E-state index is 13.3. The van der Waals surface area contributed by atoms with E-state index in [1.807, 2.05) is 4.90 Å². The molecule has 3 fully saturated rings. The predicted octanol–water partition coefficient (Wildman–Crippen LogP) is -3.07. The monoisotopic (exact) mass is 1000 g/mol. The third-order valence-electron chi connectivity index (χ3n) is 11.7. The number of rotatable bonds is 27. The van der Waals surface area contributed by atoms with Crippen molar-refractivity contribution < 1.29 is 83.6 Å². The van der Waals surface area contributed by atoms with Crippen LogP contribution in [-0.2, 0) is 35.3 Å². The van der Waals surface area contributed by atoms with Gasteiger partial charge in [-0.3, -0.25) is 48.9 Å². The maximum Gasteiger partial charge on any atom is 0.407 e. The number of aliphatic hydroxyl groups excluding tert-OH is 4. The number of carboxylic acid groups (broad SMARTS) is 3. The highest BCUT2D eigenvalue weighted by Crippen LogP contribution is 2.33. The molecule has 0 radical (unpaired) electrons. The SMILES string of the molecule is O=C(O)CN1CCN(CC(=O)O)CCN(CCNC(=O)OCc2ccc(OCC(O)C(O)C(O)COCO)c([N+](=O)[O-])c2)C(CNC(=O)CCCCC2SCC3NC(=O)NC32)CN(CC(=O)O)CC1. The number of hydrogen-bond donors (Lipinski definition) is 11. The van der Waals surface area contributed by atoms with Crippen LogP contribution in [0.2, 0.25) is 0 Å². The molecule has 3 heterocycles. The fourth-order valence-corrected chi connectivity index (χ4v) is 9.63. The number of alkyl carbamates (subject to hydrolysis) is 1. The molecule has 0 spiro atoms. The van der Waals surface area contributed by atoms with Crippen molar-refractivity contribution in [1.29, 1.82) is 0 Å². The van der Waals surface area contributed by atoms with Crippen molar-refractivity contribution in [3.63, 3.8) is 0 Å². The van der Waals surface area contributed by atoms with E-state index in [4.69, 9.17) is 14.6 Å². The molecule has 0 saturated carbocycles. The number of ether oxygens (including phenoxy) is 3. The van der Waals surface area contributed by atoms with Crippen LogP contribution in [0.25, 0.3) is 0 Å². The van der Waals surface area contributed by atoms with E-state index in [0.717, 1.165) is 24.7 Å². The number of carboxylic acids is 3. The number of nitro benzene ring substituents is 1. The Morgan fingerprint density at radius 1 is 0.870 bits per heavy atom. The number of thioether (sulfide) groups is 1. The third-order valence-corrected chi connectivity index (χ3v) is 13.2. The zero-order chi connectivity index (χ0) is 50.5. The summed E-state index contributed by atoms with van der Waals surface area (Å²) in [5.41, 5.74) is -0.372. The number of unbranched alkanes of at least 4 members (excludes halogenated alkanes) is 1. The molecule has 0 aromatic heterocycles. The quantitative estimate of drug-likeness (QED) is 0.0137. The Balaban J connectivity index is 1.41. The third kappa shape index (κ3) is 20.0. The number of nitro groups is 1. The molecule has 1 aromatic rings. The number of amides is 4. The minimum absolute atomic E-state index is 0.0384. The minimum Gasteiger partial charge on any atom is -0.484 e. The lowest BCUT2D eigenvalue weighted by Crippen LogP contribution is -2.56. The number of aliphatic carboxylic acids is 3. The minimum atomic E-state index is -1.77. The van der Waals surface area contributed by atoms with Crippen LogP contribution >= 0.6 is 11.8 Å². The predicted molar refractivity (Wildman–Crippen MR) is 242 cm³/mol. The molecule has 0 aliphatic carbocycles. The fraction of sp³-hybridized carbons (Fsp3) is 0.707. The van der Waals surface area contributed by atoms with Crippen molar-refractivity contribution in [3.8, 4) is 5.75 Å². The van der Waals surface area contributed by atoms with E-state index >= 15 is 0 Å². The highest BCUT2D eigenvalue weighted by atomic mass is 32.2. The van der Waals surface area contributed by atoms with E-state index in [2.05, 4.69) is 26.0 Å². The number of urea groups is 1. The molecule has 1 aromatic carbocycles. The van der Waals surface area contributed by atoms with Crippen molar-refractivity contribution >= 4 is 53.4 Å². The molecule has 3 aliphatic heterocycles. The van der Waals surface area contributed by atoms with Gasteiger partial charge in [0.15, 0.2) is 5.75 Å². The molecule has 3 aliphatic rings. The molecule has 388 valence electrons. The lowest BCUT2D eigenvalue weighted by Gasteiger charge is -2.38. The average Bonchev–Trinajstić information content (AvgIpc) is 3.86. The molecule has 4 rings (SSSR count). The molecular formula is C41H65N9O18S. The Morgan fingerprint density at radius 2 is 1.51 bits per heavy atom. The van der Waals surface area contributed by atoms with E-state index in [9.17, 15) is 69.5 Å². The summed E-state index contributed by atoms with van der Waals surface area (Å²) in [4.78, 5) is 91.5. The highest BCUT2D eigenvalue weighted by Gasteiger charge is 2.42. The zero-order valence-corrected chi connectivity index (χ0v) is 38.9. The van der Waals surface area contributed by atoms with Gasteiger partial charge in [0.05, 0.1) is 43.2 Å². The van der Waals surface area contributed by atoms with Crippen molar-refractivity contribution in [2.24, 2.45) is 0 Å². The van der Waals surface area contributed by atoms with E-state index in [1.165, 1.54) is 12.1 Å². The number of nitrogens with zero attached hydrogens (tertiary/aromatic N) is 5. The van der Waals surface area contributed by atoms with E-state index in [1.54, 1.807) is 26.5 Å². The van der Waals surface area contributed by atoms with Crippen LogP contribution in [0.4, 0.5) is 15.3 Å². The van der Waals surface area contributed by atoms with Gasteiger partial charge in [0, 0.05) is 95.0 Å². The Kier molecular flexibility index (Phi) is 23.8. The van der Waals surface area contributed by atoms with Gasteiger partial charge < -0.3 is 71.2 Å². The van der Waals surface area contributed by atoms with Gasteiger partial charge in [-0.25, -0.2) is 9.59 Å². The first kappa shape index (κ1) is 56.4. The van der Waals surface area contributed by atoms with Gasteiger partial charge in [0.1, 0.15) is 38.3 Å². The van der Waals surface area contributed by atoms with E-state index in [-0.39, 0.29) is 126 Å². The molecule has 69 heavy (non-hydrogen) atoms. The van der Waals surface area contributed by atoms with E-state index in [0.29, 0.717) is 6.42 Å². The number of nitrogens with one attached hydrogen (secondary N) is 4. The van der Waals surface area contributed by atoms with Gasteiger partial charge in [-0.1, -0.05) is 12.5 Å². The van der Waals surface area contributed by atoms with Crippen molar-refractivity contribution in [3.05, 3.63) is 33.9 Å². The van der Waals surface area contributed by atoms with Crippen molar-refractivity contribution in [2.45, 2.75) is 74.0 Å². The second kappa shape index (κ2) is 29.1. The molecule has 7 atom stereocenters. The van der Waals surface area contributed by atoms with Gasteiger partial charge in [0.25, 0.3) is 0 Å². The van der Waals surface area contributed by atoms with E-state index < -0.39 is 92.1 Å². The molecule has 28 heteroatoms. The van der Waals surface area contributed by atoms with Gasteiger partial charge in [-0.05, 0) is 24.5 Å². The van der Waals surface area contributed by atoms with Crippen LogP contribution < -0.4 is 26.0 Å². The van der Waals surface area contributed by atoms with Gasteiger partial charge in [-0.15, -0.1) is 0 Å². The van der Waals surface area contributed by atoms with Crippen molar-refractivity contribution in [1.82, 2.24) is 40.9 Å². The van der Waals surface area contributed by atoms with Crippen LogP contribution in [-0.4, -0.2) is 249 Å². The topological polar surface area (TPSA) is 376 Å². The molecule has 3 saturated heterocycles. The number of carbonyl (C=O) groups is 6. The first-order chi connectivity index (χ1) is 32.9. The van der Waals surface area contributed by atoms with Crippen LogP contribution in [0, 0.1) is 10.1 Å². The van der Waals surface area contributed by atoms with Crippen LogP contribution in [0.15, 0.2) is 18.2 Å². The second-order valence-corrected chi connectivity index (χ2v) is 18.1. The molecule has 27 nitrogen and oxygen atoms in total. The smallest absolute Gasteiger partial charge is 0.407 e. The Bertz CT molecular complexity index is 1870. The van der Waals surface area contributed by atoms with Crippen LogP contribution in [0.5, 0.6) is 5.75 Å². The Labute approximate surface area is 401 Å². The Morgan fingerprint density at radius 3 is 2.16 bits per heavy atom. The zero-order valence-electron chi connectivity index (χ0n) is 38.1. The van der Waals surface area contributed by atoms with Gasteiger partial charge in [-0.2, -0.15) is 11.8 Å². The summed E-state index contributed by atoms with van der Waals surface area (Å²) >= 11 is 1.78. The second-order valence-electron chi connectivity index (χ2n) is 16.8. The normalized spacial score (nSPS) is 22.1. The lowest BCUT2D eigenvalue weighted by molar-refractivity contribution is -0.386. The fourth-order valence-electron chi connectivity index (χ4n) is 8.08. The molecular weight excluding hydrogens is 939 g/mol. The first-order valence-electron chi connectivity index (χ1n) is 22.5.